The van der Waals surface area contributed by atoms with E-state index in [9.17, 15) is 43.2 Å². The van der Waals surface area contributed by atoms with E-state index in [0.29, 0.717) is 5.56 Å². The largest absolute Gasteiger partial charge is 0.464 e. The van der Waals surface area contributed by atoms with Gasteiger partial charge in [0.2, 0.25) is 6.29 Å². The number of esters is 9. The summed E-state index contributed by atoms with van der Waals surface area (Å²) in [5, 5.41) is 0. The second-order valence-electron chi connectivity index (χ2n) is 12.8. The summed E-state index contributed by atoms with van der Waals surface area (Å²) in [7, 11) is 0. The number of rotatable bonds is 17. The quantitative estimate of drug-likeness (QED) is 0.119. The lowest BCUT2D eigenvalue weighted by Gasteiger charge is -2.48. The number of carbonyl (C=O) groups is 9. The van der Waals surface area contributed by atoms with Crippen LogP contribution in [-0.2, 0) is 102 Å². The summed E-state index contributed by atoms with van der Waals surface area (Å²) in [4.78, 5) is 112. The first-order valence-electron chi connectivity index (χ1n) is 17.9. The molecule has 1 aromatic rings. The summed E-state index contributed by atoms with van der Waals surface area (Å²) < 4.78 is 67.1. The van der Waals surface area contributed by atoms with Crippen molar-refractivity contribution in [2.75, 3.05) is 25.7 Å². The number of hydrogen-bond donors (Lipinski definition) is 0. The number of halogens is 1. The first kappa shape index (κ1) is 48.0. The van der Waals surface area contributed by atoms with Crippen molar-refractivity contribution < 1.29 is 100.0 Å². The van der Waals surface area contributed by atoms with E-state index in [4.69, 9.17) is 68.4 Å². The monoisotopic (exact) mass is 860 g/mol. The molecule has 3 rings (SSSR count). The zero-order chi connectivity index (χ0) is 44.0. The lowest BCUT2D eigenvalue weighted by atomic mass is 9.96. The third kappa shape index (κ3) is 14.7. The van der Waals surface area contributed by atoms with Gasteiger partial charge in [-0.25, -0.2) is 4.79 Å². The molecule has 10 atom stereocenters. The topological polar surface area (TPSA) is 264 Å². The average Bonchev–Trinajstić information content (AvgIpc) is 3.13. The second-order valence-corrected chi connectivity index (χ2v) is 13.1. The first-order valence-corrected chi connectivity index (χ1v) is 18.4. The van der Waals surface area contributed by atoms with Crippen LogP contribution >= 0.6 is 11.6 Å². The third-order valence-electron chi connectivity index (χ3n) is 8.09. The van der Waals surface area contributed by atoms with E-state index in [-0.39, 0.29) is 18.6 Å². The van der Waals surface area contributed by atoms with Gasteiger partial charge in [-0.15, -0.1) is 11.6 Å². The van der Waals surface area contributed by atoms with Gasteiger partial charge >= 0.3 is 53.7 Å². The number of hydrogen-bond acceptors (Lipinski definition) is 21. The Morgan fingerprint density at radius 2 is 0.983 bits per heavy atom. The Hall–Kier alpha value is -5.38. The molecule has 326 valence electrons. The van der Waals surface area contributed by atoms with Gasteiger partial charge in [-0.1, -0.05) is 18.2 Å². The maximum atomic E-state index is 14.1. The molecule has 0 saturated carbocycles. The molecule has 59 heavy (non-hydrogen) atoms. The Labute approximate surface area is 342 Å². The SMILES string of the molecule is CC(=O)OC[C@H]1O[C@@H](O[C@H]2[C@@H](OC(C)=O)O[C@H](COC(C)=O)[C@@H](OC(C)=O)[C@@H]2OC(C)=O)[C@H](OC(=O)c2ccccc2CCOC(=O)CCl)[C@@H](OC(C)=O)[C@@H]1OC(C)=O. The first-order chi connectivity index (χ1) is 27.8. The number of carbonyl (C=O) groups excluding carboxylic acids is 9. The molecule has 1 aromatic carbocycles. The van der Waals surface area contributed by atoms with Crippen LogP contribution in [0.3, 0.4) is 0 Å². The van der Waals surface area contributed by atoms with E-state index >= 15 is 0 Å². The van der Waals surface area contributed by atoms with Crippen LogP contribution in [-0.4, -0.2) is 141 Å². The molecule has 0 aliphatic carbocycles. The lowest BCUT2D eigenvalue weighted by molar-refractivity contribution is -0.362. The number of alkyl halides is 1. The minimum Gasteiger partial charge on any atom is -0.464 e. The standard InChI is InChI=1S/C37H45ClO21/c1-17(39)49-15-26-30(52-20(4)42)32(54-22(6)44)34(36(56-26)55-23(7)45)59-37-33(58-35(47)25-11-9-8-10-24(25)12-13-48-28(46)14-38)31(53-21(5)43)29(51-19(3)41)27(57-37)16-50-18(2)40/h8-11,26-27,29-34,36-37H,12-16H2,1-7H3/t26-,27-,29-,30-,31+,32+,33-,34-,36+,37+/m1/s1. The predicted octanol–water partition coefficient (Wildman–Crippen LogP) is 0.788. The zero-order valence-electron chi connectivity index (χ0n) is 33.1. The van der Waals surface area contributed by atoms with Crippen LogP contribution in [0.4, 0.5) is 0 Å². The number of benzene rings is 1. The zero-order valence-corrected chi connectivity index (χ0v) is 33.8. The highest BCUT2D eigenvalue weighted by atomic mass is 35.5. The van der Waals surface area contributed by atoms with Gasteiger partial charge in [-0.3, -0.25) is 38.4 Å². The molecule has 0 unspecified atom stereocenters. The normalized spacial score (nSPS) is 26.2. The molecule has 22 heteroatoms. The fraction of sp³-hybridized carbons (Fsp3) is 0.595. The highest BCUT2D eigenvalue weighted by Crippen LogP contribution is 2.36. The van der Waals surface area contributed by atoms with Crippen LogP contribution < -0.4 is 0 Å². The maximum absolute atomic E-state index is 14.1. The summed E-state index contributed by atoms with van der Waals surface area (Å²) >= 11 is 5.52. The van der Waals surface area contributed by atoms with E-state index < -0.39 is 134 Å². The van der Waals surface area contributed by atoms with Crippen molar-refractivity contribution in [1.29, 1.82) is 0 Å². The van der Waals surface area contributed by atoms with Gasteiger partial charge in [0.15, 0.2) is 42.9 Å². The van der Waals surface area contributed by atoms with Crippen LogP contribution in [0, 0.1) is 0 Å². The van der Waals surface area contributed by atoms with E-state index in [1.54, 1.807) is 6.07 Å². The highest BCUT2D eigenvalue weighted by molar-refractivity contribution is 6.26. The van der Waals surface area contributed by atoms with E-state index in [2.05, 4.69) is 0 Å². The van der Waals surface area contributed by atoms with E-state index in [1.165, 1.54) is 18.2 Å². The average molecular weight is 861 g/mol. The van der Waals surface area contributed by atoms with Crippen LogP contribution in [0.25, 0.3) is 0 Å². The summed E-state index contributed by atoms with van der Waals surface area (Å²) in [5.74, 6) is -8.61. The molecule has 2 heterocycles. The van der Waals surface area contributed by atoms with E-state index in [1.807, 2.05) is 0 Å². The molecular formula is C37H45ClO21. The molecule has 2 fully saturated rings. The molecule has 21 nitrogen and oxygen atoms in total. The van der Waals surface area contributed by atoms with Crippen LogP contribution in [0.2, 0.25) is 0 Å². The van der Waals surface area contributed by atoms with Gasteiger partial charge in [0.1, 0.15) is 31.3 Å². The Morgan fingerprint density at radius 3 is 1.46 bits per heavy atom. The van der Waals surface area contributed by atoms with Gasteiger partial charge in [-0.2, -0.15) is 0 Å². The Morgan fingerprint density at radius 1 is 0.525 bits per heavy atom. The Bertz CT molecular complexity index is 1710. The molecule has 0 amide bonds. The van der Waals surface area contributed by atoms with Crippen LogP contribution in [0.15, 0.2) is 24.3 Å². The molecule has 0 spiro atoms. The Kier molecular flexibility index (Phi) is 18.5. The molecule has 0 N–H and O–H groups in total. The Balaban J connectivity index is 2.23. The van der Waals surface area contributed by atoms with Crippen molar-refractivity contribution >= 4 is 65.3 Å². The van der Waals surface area contributed by atoms with Crippen molar-refractivity contribution in [2.45, 2.75) is 116 Å². The summed E-state index contributed by atoms with van der Waals surface area (Å²) in [6.45, 7) is 5.68. The highest BCUT2D eigenvalue weighted by Gasteiger charge is 2.58. The second kappa shape index (κ2) is 22.7. The molecule has 0 radical (unpaired) electrons. The summed E-state index contributed by atoms with van der Waals surface area (Å²) in [6, 6.07) is 5.98. The molecular weight excluding hydrogens is 816 g/mol. The van der Waals surface area contributed by atoms with Crippen molar-refractivity contribution in [2.24, 2.45) is 0 Å². The minimum atomic E-state index is -2.01. The van der Waals surface area contributed by atoms with Crippen molar-refractivity contribution in [3.63, 3.8) is 0 Å². The van der Waals surface area contributed by atoms with Crippen molar-refractivity contribution in [3.8, 4) is 0 Å². The molecule has 0 aromatic heterocycles. The van der Waals surface area contributed by atoms with Gasteiger partial charge in [0.05, 0.1) is 12.2 Å². The summed E-state index contributed by atoms with van der Waals surface area (Å²) in [5.41, 5.74) is 0.233. The third-order valence-corrected chi connectivity index (χ3v) is 8.31. The summed E-state index contributed by atoms with van der Waals surface area (Å²) in [6.07, 6.45) is -17.5. The maximum Gasteiger partial charge on any atom is 0.339 e. The van der Waals surface area contributed by atoms with Crippen LogP contribution in [0.1, 0.15) is 64.4 Å². The lowest BCUT2D eigenvalue weighted by Crippen LogP contribution is -2.67. The number of ether oxygens (including phenoxy) is 12. The fourth-order valence-corrected chi connectivity index (χ4v) is 6.05. The van der Waals surface area contributed by atoms with Crippen LogP contribution in [0.5, 0.6) is 0 Å². The van der Waals surface area contributed by atoms with E-state index in [0.717, 1.165) is 48.5 Å². The fourth-order valence-electron chi connectivity index (χ4n) is 5.97. The smallest absolute Gasteiger partial charge is 0.339 e. The van der Waals surface area contributed by atoms with Gasteiger partial charge in [-0.05, 0) is 11.6 Å². The van der Waals surface area contributed by atoms with Crippen molar-refractivity contribution in [1.82, 2.24) is 0 Å². The minimum absolute atomic E-state index is 0.00247. The molecule has 2 saturated heterocycles. The predicted molar refractivity (Wildman–Crippen MR) is 190 cm³/mol. The van der Waals surface area contributed by atoms with Gasteiger partial charge < -0.3 is 56.8 Å². The molecule has 2 aliphatic rings. The van der Waals surface area contributed by atoms with Crippen molar-refractivity contribution in [3.05, 3.63) is 35.4 Å². The molecule has 2 aliphatic heterocycles. The van der Waals surface area contributed by atoms with Gasteiger partial charge in [0, 0.05) is 54.9 Å². The molecule has 0 bridgehead atoms. The van der Waals surface area contributed by atoms with Gasteiger partial charge in [0.25, 0.3) is 0 Å².